The third-order valence-corrected chi connectivity index (χ3v) is 8.08. The maximum atomic E-state index is 13.5. The van der Waals surface area contributed by atoms with Gasteiger partial charge in [-0.3, -0.25) is 9.36 Å². The van der Waals surface area contributed by atoms with Gasteiger partial charge in [-0.05, 0) is 48.5 Å². The predicted octanol–water partition coefficient (Wildman–Crippen LogP) is 5.28. The number of nitrogens with zero attached hydrogens (tertiary/aromatic N) is 4. The molecule has 1 amide bonds. The normalized spacial score (nSPS) is 18.1. The number of carbonyl (C=O) groups is 4. The number of fused-ring (bicyclic) bond motifs is 1. The molecular weight excluding hydrogens is 654 g/mol. The van der Waals surface area contributed by atoms with Crippen molar-refractivity contribution >= 4 is 40.8 Å². The zero-order chi connectivity index (χ0) is 35.2. The standard InChI is InChI=1S/C38H29N5O8/c44-34(24-13-5-1-6-14-24)42-32-29-33(40-22-39-32)43(23-41-29)35-31(51-38(47)27-19-11-4-12-20-27)30(50-37(46)26-17-9-3-10-18-26)28(49-35)21-48-36(45)25-15-7-2-8-16-25/h1-20,22-23,28,30-31,35H,21H2,(H,39,40,42,44)/t28-,30+,31-,35+/m0/s1. The molecule has 13 nitrogen and oxygen atoms in total. The number of imidazole rings is 1. The van der Waals surface area contributed by atoms with E-state index in [9.17, 15) is 19.2 Å². The van der Waals surface area contributed by atoms with E-state index >= 15 is 0 Å². The molecule has 0 saturated carbocycles. The van der Waals surface area contributed by atoms with Gasteiger partial charge in [0.25, 0.3) is 5.91 Å². The first-order chi connectivity index (χ1) is 25.0. The molecule has 51 heavy (non-hydrogen) atoms. The highest BCUT2D eigenvalue weighted by molar-refractivity contribution is 6.06. The lowest BCUT2D eigenvalue weighted by Gasteiger charge is -2.25. The third-order valence-electron chi connectivity index (χ3n) is 8.08. The summed E-state index contributed by atoms with van der Waals surface area (Å²) in [6.45, 7) is -0.365. The summed E-state index contributed by atoms with van der Waals surface area (Å²) in [5, 5.41) is 2.76. The smallest absolute Gasteiger partial charge is 0.338 e. The molecule has 3 heterocycles. The summed E-state index contributed by atoms with van der Waals surface area (Å²) in [5.41, 5.74) is 1.64. The SMILES string of the molecule is O=C(Nc1ncnc2c1ncn2[C@@H]1O[C@@H](COC(=O)c2ccccc2)[C@@H](OC(=O)c2ccccc2)[C@@H]1OC(=O)c1ccccc1)c1ccccc1. The molecule has 0 spiro atoms. The first-order valence-electron chi connectivity index (χ1n) is 15.9. The molecule has 1 N–H and O–H groups in total. The molecule has 6 aromatic rings. The fourth-order valence-corrected chi connectivity index (χ4v) is 5.58. The number of anilines is 1. The van der Waals surface area contributed by atoms with Crippen LogP contribution in [0.3, 0.4) is 0 Å². The Kier molecular flexibility index (Phi) is 9.52. The van der Waals surface area contributed by atoms with E-state index in [1.165, 1.54) is 17.2 Å². The molecule has 4 atom stereocenters. The number of aromatic nitrogens is 4. The molecule has 1 fully saturated rings. The lowest BCUT2D eigenvalue weighted by atomic mass is 10.1. The van der Waals surface area contributed by atoms with E-state index in [-0.39, 0.29) is 34.7 Å². The molecule has 0 bridgehead atoms. The van der Waals surface area contributed by atoms with Crippen LogP contribution in [-0.4, -0.2) is 68.3 Å². The van der Waals surface area contributed by atoms with Crippen molar-refractivity contribution in [2.45, 2.75) is 24.5 Å². The average molecular weight is 684 g/mol. The third kappa shape index (κ3) is 7.19. The molecule has 0 radical (unpaired) electrons. The second-order valence-corrected chi connectivity index (χ2v) is 11.4. The summed E-state index contributed by atoms with van der Waals surface area (Å²) in [6, 6.07) is 33.5. The second kappa shape index (κ2) is 14.8. The van der Waals surface area contributed by atoms with Gasteiger partial charge < -0.3 is 24.3 Å². The van der Waals surface area contributed by atoms with Crippen LogP contribution < -0.4 is 5.32 Å². The highest BCUT2D eigenvalue weighted by Gasteiger charge is 2.52. The summed E-state index contributed by atoms with van der Waals surface area (Å²) in [5.74, 6) is -2.34. The Morgan fingerprint density at radius 1 is 0.627 bits per heavy atom. The summed E-state index contributed by atoms with van der Waals surface area (Å²) in [7, 11) is 0. The Balaban J connectivity index is 1.25. The van der Waals surface area contributed by atoms with Crippen molar-refractivity contribution in [3.05, 3.63) is 156 Å². The van der Waals surface area contributed by atoms with E-state index in [1.54, 1.807) is 121 Å². The first-order valence-corrected chi connectivity index (χ1v) is 15.9. The second-order valence-electron chi connectivity index (χ2n) is 11.4. The molecule has 254 valence electrons. The van der Waals surface area contributed by atoms with Crippen LogP contribution in [0.1, 0.15) is 47.7 Å². The molecule has 0 aliphatic carbocycles. The van der Waals surface area contributed by atoms with Crippen molar-refractivity contribution in [2.75, 3.05) is 11.9 Å². The molecule has 1 aliphatic heterocycles. The lowest BCUT2D eigenvalue weighted by Crippen LogP contribution is -2.41. The van der Waals surface area contributed by atoms with Crippen LogP contribution >= 0.6 is 0 Å². The largest absolute Gasteiger partial charge is 0.459 e. The number of amides is 1. The Morgan fingerprint density at radius 2 is 1.14 bits per heavy atom. The van der Waals surface area contributed by atoms with Gasteiger partial charge in [-0.25, -0.2) is 29.3 Å². The van der Waals surface area contributed by atoms with E-state index in [0.29, 0.717) is 11.1 Å². The number of hydrogen-bond donors (Lipinski definition) is 1. The van der Waals surface area contributed by atoms with Crippen molar-refractivity contribution in [2.24, 2.45) is 0 Å². The number of nitrogens with one attached hydrogen (secondary N) is 1. The van der Waals surface area contributed by atoms with Gasteiger partial charge >= 0.3 is 17.9 Å². The average Bonchev–Trinajstić information content (AvgIpc) is 3.76. The number of carbonyl (C=O) groups excluding carboxylic acids is 4. The summed E-state index contributed by atoms with van der Waals surface area (Å²) in [4.78, 5) is 66.1. The maximum absolute atomic E-state index is 13.5. The number of hydrogen-bond acceptors (Lipinski definition) is 11. The van der Waals surface area contributed by atoms with Crippen molar-refractivity contribution < 1.29 is 38.1 Å². The minimum atomic E-state index is -1.29. The minimum absolute atomic E-state index is 0.129. The first kappa shape index (κ1) is 32.8. The Labute approximate surface area is 290 Å². The Hall–Kier alpha value is -6.73. The van der Waals surface area contributed by atoms with Crippen LogP contribution in [0.2, 0.25) is 0 Å². The number of rotatable bonds is 10. The zero-order valence-corrected chi connectivity index (χ0v) is 26.8. The quantitative estimate of drug-likeness (QED) is 0.148. The van der Waals surface area contributed by atoms with Crippen molar-refractivity contribution in [1.29, 1.82) is 0 Å². The molecule has 13 heteroatoms. The van der Waals surface area contributed by atoms with Crippen molar-refractivity contribution in [1.82, 2.24) is 19.5 Å². The van der Waals surface area contributed by atoms with E-state index in [2.05, 4.69) is 20.3 Å². The number of esters is 3. The van der Waals surface area contributed by atoms with Crippen LogP contribution in [0.4, 0.5) is 5.82 Å². The molecule has 2 aromatic heterocycles. The number of ether oxygens (including phenoxy) is 4. The summed E-state index contributed by atoms with van der Waals surface area (Å²) < 4.78 is 25.6. The van der Waals surface area contributed by atoms with Crippen molar-refractivity contribution in [3.63, 3.8) is 0 Å². The van der Waals surface area contributed by atoms with Crippen molar-refractivity contribution in [3.8, 4) is 0 Å². The molecular formula is C38H29N5O8. The zero-order valence-electron chi connectivity index (χ0n) is 26.8. The highest BCUT2D eigenvalue weighted by Crippen LogP contribution is 2.37. The van der Waals surface area contributed by atoms with Gasteiger partial charge in [0.15, 0.2) is 35.4 Å². The molecule has 4 aromatic carbocycles. The van der Waals surface area contributed by atoms with Gasteiger partial charge in [0, 0.05) is 5.56 Å². The Morgan fingerprint density at radius 3 is 1.71 bits per heavy atom. The van der Waals surface area contributed by atoms with Gasteiger partial charge in [0.05, 0.1) is 23.0 Å². The van der Waals surface area contributed by atoms with E-state index in [4.69, 9.17) is 18.9 Å². The maximum Gasteiger partial charge on any atom is 0.338 e. The summed E-state index contributed by atoms with van der Waals surface area (Å²) in [6.07, 6.45) is -2.23. The minimum Gasteiger partial charge on any atom is -0.459 e. The van der Waals surface area contributed by atoms with Crippen LogP contribution in [0.25, 0.3) is 11.2 Å². The van der Waals surface area contributed by atoms with Gasteiger partial charge in [-0.1, -0.05) is 72.8 Å². The fourth-order valence-electron chi connectivity index (χ4n) is 5.58. The van der Waals surface area contributed by atoms with E-state index in [1.807, 2.05) is 0 Å². The summed E-state index contributed by atoms with van der Waals surface area (Å²) >= 11 is 0. The van der Waals surface area contributed by atoms with Gasteiger partial charge in [-0.15, -0.1) is 0 Å². The van der Waals surface area contributed by atoms with E-state index in [0.717, 1.165) is 0 Å². The lowest BCUT2D eigenvalue weighted by molar-refractivity contribution is -0.0606. The molecule has 7 rings (SSSR count). The monoisotopic (exact) mass is 683 g/mol. The van der Waals surface area contributed by atoms with Gasteiger partial charge in [0.2, 0.25) is 0 Å². The van der Waals surface area contributed by atoms with Crippen LogP contribution in [0, 0.1) is 0 Å². The van der Waals surface area contributed by atoms with E-state index < -0.39 is 48.4 Å². The topological polar surface area (TPSA) is 161 Å². The number of benzene rings is 4. The van der Waals surface area contributed by atoms with Crippen LogP contribution in [0.5, 0.6) is 0 Å². The predicted molar refractivity (Wildman–Crippen MR) is 182 cm³/mol. The van der Waals surface area contributed by atoms with Crippen LogP contribution in [0.15, 0.2) is 134 Å². The molecule has 1 aliphatic rings. The Bertz CT molecular complexity index is 2160. The van der Waals surface area contributed by atoms with Gasteiger partial charge in [-0.2, -0.15) is 0 Å². The van der Waals surface area contributed by atoms with Gasteiger partial charge in [0.1, 0.15) is 19.0 Å². The molecule has 1 saturated heterocycles. The molecule has 0 unspecified atom stereocenters. The fraction of sp³-hybridized carbons (Fsp3) is 0.132. The van der Waals surface area contributed by atoms with Crippen LogP contribution in [-0.2, 0) is 18.9 Å². The highest BCUT2D eigenvalue weighted by atomic mass is 16.7.